The van der Waals surface area contributed by atoms with Crippen molar-refractivity contribution in [3.05, 3.63) is 133 Å². The lowest BCUT2D eigenvalue weighted by Gasteiger charge is -2.14. The van der Waals surface area contributed by atoms with E-state index >= 15 is 0 Å². The van der Waals surface area contributed by atoms with Gasteiger partial charge in [0, 0.05) is 46.3 Å². The molecule has 0 radical (unpaired) electrons. The Hall–Kier alpha value is -5.68. The average molecular weight is 555 g/mol. The summed E-state index contributed by atoms with van der Waals surface area (Å²) in [5, 5.41) is 6.79. The molecular formula is C38H26N4O. The van der Waals surface area contributed by atoms with E-state index in [9.17, 15) is 0 Å². The summed E-state index contributed by atoms with van der Waals surface area (Å²) >= 11 is 0. The van der Waals surface area contributed by atoms with Crippen LogP contribution >= 0.6 is 0 Å². The van der Waals surface area contributed by atoms with E-state index in [0.29, 0.717) is 0 Å². The van der Waals surface area contributed by atoms with E-state index in [1.165, 1.54) is 33.0 Å². The van der Waals surface area contributed by atoms with Crippen molar-refractivity contribution < 1.29 is 4.74 Å². The van der Waals surface area contributed by atoms with Gasteiger partial charge in [-0.2, -0.15) is 0 Å². The zero-order valence-electron chi connectivity index (χ0n) is 23.7. The first-order chi connectivity index (χ1) is 21.1. The number of nitrogens with zero attached hydrogens (tertiary/aromatic N) is 4. The largest absolute Gasteiger partial charge is 0.457 e. The molecule has 43 heavy (non-hydrogen) atoms. The highest BCUT2D eigenvalue weighted by atomic mass is 16.5. The lowest BCUT2D eigenvalue weighted by atomic mass is 9.94. The molecular weight excluding hydrogens is 528 g/mol. The first-order valence-corrected chi connectivity index (χ1v) is 14.5. The van der Waals surface area contributed by atoms with Crippen molar-refractivity contribution in [2.75, 3.05) is 0 Å². The lowest BCUT2D eigenvalue weighted by Crippen LogP contribution is -1.94. The van der Waals surface area contributed by atoms with Crippen molar-refractivity contribution in [3.8, 4) is 22.6 Å². The molecule has 0 amide bonds. The number of hydrogen-bond acceptors (Lipinski definition) is 3. The molecule has 0 unspecified atom stereocenters. The van der Waals surface area contributed by atoms with Gasteiger partial charge in [-0.15, -0.1) is 0 Å². The number of aromatic nitrogens is 4. The predicted octanol–water partition coefficient (Wildman–Crippen LogP) is 9.67. The number of pyridine rings is 2. The van der Waals surface area contributed by atoms with Crippen molar-refractivity contribution in [2.24, 2.45) is 0 Å². The Morgan fingerprint density at radius 2 is 1.09 bits per heavy atom. The van der Waals surface area contributed by atoms with Crippen LogP contribution in [0.25, 0.3) is 65.8 Å². The molecule has 5 aromatic carbocycles. The molecule has 9 aromatic rings. The van der Waals surface area contributed by atoms with Gasteiger partial charge in [0.2, 0.25) is 0 Å². The normalized spacial score (nSPS) is 12.0. The van der Waals surface area contributed by atoms with Gasteiger partial charge in [0.25, 0.3) is 0 Å². The van der Waals surface area contributed by atoms with Crippen LogP contribution in [0.15, 0.2) is 122 Å². The summed E-state index contributed by atoms with van der Waals surface area (Å²) in [6.45, 7) is 4.35. The van der Waals surface area contributed by atoms with E-state index in [1.807, 2.05) is 30.9 Å². The van der Waals surface area contributed by atoms with E-state index in [-0.39, 0.29) is 0 Å². The van der Waals surface area contributed by atoms with Gasteiger partial charge >= 0.3 is 0 Å². The quantitative estimate of drug-likeness (QED) is 0.204. The molecule has 0 spiro atoms. The Morgan fingerprint density at radius 3 is 1.77 bits per heavy atom. The molecule has 5 heteroatoms. The van der Waals surface area contributed by atoms with Gasteiger partial charge in [0.15, 0.2) is 0 Å². The lowest BCUT2D eigenvalue weighted by molar-refractivity contribution is 0.484. The monoisotopic (exact) mass is 554 g/mol. The van der Waals surface area contributed by atoms with E-state index in [0.717, 1.165) is 55.4 Å². The maximum absolute atomic E-state index is 6.50. The van der Waals surface area contributed by atoms with Crippen LogP contribution in [0.5, 0.6) is 11.5 Å². The third-order valence-corrected chi connectivity index (χ3v) is 8.75. The van der Waals surface area contributed by atoms with Crippen LogP contribution in [0.3, 0.4) is 0 Å². The summed E-state index contributed by atoms with van der Waals surface area (Å²) in [7, 11) is 0. The van der Waals surface area contributed by atoms with Crippen LogP contribution in [-0.2, 0) is 0 Å². The third-order valence-electron chi connectivity index (χ3n) is 8.75. The number of fused-ring (bicyclic) bond motifs is 12. The van der Waals surface area contributed by atoms with E-state index in [4.69, 9.17) is 9.72 Å². The molecule has 4 heterocycles. The van der Waals surface area contributed by atoms with Crippen LogP contribution in [0.4, 0.5) is 0 Å². The highest BCUT2D eigenvalue weighted by molar-refractivity contribution is 6.13. The number of aryl methyl sites for hydroxylation is 2. The van der Waals surface area contributed by atoms with E-state index in [2.05, 4.69) is 119 Å². The van der Waals surface area contributed by atoms with Crippen LogP contribution < -0.4 is 4.74 Å². The minimum Gasteiger partial charge on any atom is -0.457 e. The van der Waals surface area contributed by atoms with Crippen molar-refractivity contribution in [3.63, 3.8) is 0 Å². The van der Waals surface area contributed by atoms with Gasteiger partial charge in [0.1, 0.15) is 22.8 Å². The fourth-order valence-electron chi connectivity index (χ4n) is 6.84. The molecule has 5 nitrogen and oxygen atoms in total. The molecule has 204 valence electrons. The van der Waals surface area contributed by atoms with Gasteiger partial charge in [0.05, 0.1) is 11.0 Å². The van der Waals surface area contributed by atoms with Crippen LogP contribution in [0.2, 0.25) is 0 Å². The molecule has 0 atom stereocenters. The molecule has 0 N–H and O–H groups in total. The standard InChI is InChI=1S/C38H26N4O/c1-23-6-5-7-24(2)36(23)25-10-13-31-29-15-12-27(22-33(29)38-40-17-19-42(38)35(31)20-25)43-26-11-14-28-30-8-3-4-9-34(30)41-18-16-39-37(41)32(28)21-26/h3-22H,1-2H3. The summed E-state index contributed by atoms with van der Waals surface area (Å²) in [6, 6.07) is 34.3. The highest BCUT2D eigenvalue weighted by Crippen LogP contribution is 2.37. The van der Waals surface area contributed by atoms with E-state index < -0.39 is 0 Å². The van der Waals surface area contributed by atoms with E-state index in [1.54, 1.807) is 0 Å². The maximum atomic E-state index is 6.50. The van der Waals surface area contributed by atoms with Crippen molar-refractivity contribution in [2.45, 2.75) is 13.8 Å². The van der Waals surface area contributed by atoms with Crippen LogP contribution in [0.1, 0.15) is 11.1 Å². The number of benzene rings is 5. The SMILES string of the molecule is Cc1cccc(C)c1-c1ccc2c3ccc(Oc4ccc5c6ccccc6n6ccnc6c5c4)cc3c3nccn3c2c1. The summed E-state index contributed by atoms with van der Waals surface area (Å²) in [4.78, 5) is 9.45. The van der Waals surface area contributed by atoms with Gasteiger partial charge in [-0.3, -0.25) is 8.80 Å². The smallest absolute Gasteiger partial charge is 0.145 e. The summed E-state index contributed by atoms with van der Waals surface area (Å²) in [6.07, 6.45) is 7.78. The summed E-state index contributed by atoms with van der Waals surface area (Å²) < 4.78 is 10.8. The number of para-hydroxylation sites is 1. The molecule has 0 saturated heterocycles. The van der Waals surface area contributed by atoms with Crippen molar-refractivity contribution in [1.29, 1.82) is 0 Å². The van der Waals surface area contributed by atoms with Crippen LogP contribution in [-0.4, -0.2) is 18.8 Å². The van der Waals surface area contributed by atoms with Crippen molar-refractivity contribution in [1.82, 2.24) is 18.8 Å². The number of imidazole rings is 2. The molecule has 4 aromatic heterocycles. The molecule has 0 aliphatic heterocycles. The Balaban J connectivity index is 1.18. The third kappa shape index (κ3) is 3.52. The number of hydrogen-bond donors (Lipinski definition) is 0. The fraction of sp³-hybridized carbons (Fsp3) is 0.0526. The Morgan fingerprint density at radius 1 is 0.512 bits per heavy atom. The zero-order valence-corrected chi connectivity index (χ0v) is 23.7. The fourth-order valence-corrected chi connectivity index (χ4v) is 6.84. The number of rotatable bonds is 3. The predicted molar refractivity (Wildman–Crippen MR) is 175 cm³/mol. The van der Waals surface area contributed by atoms with Gasteiger partial charge < -0.3 is 4.74 Å². The first-order valence-electron chi connectivity index (χ1n) is 14.5. The Bertz CT molecular complexity index is 2550. The van der Waals surface area contributed by atoms with Gasteiger partial charge in [-0.1, -0.05) is 48.5 Å². The summed E-state index contributed by atoms with van der Waals surface area (Å²) in [5.74, 6) is 1.54. The second-order valence-electron chi connectivity index (χ2n) is 11.3. The van der Waals surface area contributed by atoms with Gasteiger partial charge in [-0.25, -0.2) is 9.97 Å². The highest BCUT2D eigenvalue weighted by Gasteiger charge is 2.15. The topological polar surface area (TPSA) is 43.8 Å². The minimum atomic E-state index is 0.767. The Labute approximate surface area is 247 Å². The maximum Gasteiger partial charge on any atom is 0.145 e. The second-order valence-corrected chi connectivity index (χ2v) is 11.3. The average Bonchev–Trinajstić information content (AvgIpc) is 3.73. The Kier molecular flexibility index (Phi) is 4.97. The molecule has 0 aliphatic rings. The molecule has 0 aliphatic carbocycles. The molecule has 0 fully saturated rings. The molecule has 0 saturated carbocycles. The minimum absolute atomic E-state index is 0.767. The van der Waals surface area contributed by atoms with Crippen LogP contribution in [0, 0.1) is 13.8 Å². The summed E-state index contributed by atoms with van der Waals surface area (Å²) in [5.41, 5.74) is 9.17. The number of ether oxygens (including phenoxy) is 1. The van der Waals surface area contributed by atoms with Gasteiger partial charge in [-0.05, 0) is 95.4 Å². The zero-order chi connectivity index (χ0) is 28.7. The first kappa shape index (κ1) is 24.0. The van der Waals surface area contributed by atoms with Crippen molar-refractivity contribution >= 4 is 54.6 Å². The second kappa shape index (κ2) is 8.91. The molecule has 0 bridgehead atoms. The molecule has 9 rings (SSSR count).